The molecule has 6 aromatic carbocycles. The minimum Gasteiger partial charge on any atom is -0.0759 e. The van der Waals surface area contributed by atoms with E-state index in [1.165, 1.54) is 53.9 Å². The van der Waals surface area contributed by atoms with E-state index in [9.17, 15) is 0 Å². The van der Waals surface area contributed by atoms with E-state index in [0.717, 1.165) is 17.6 Å². The van der Waals surface area contributed by atoms with Gasteiger partial charge in [0.05, 0.1) is 9.04 Å². The van der Waals surface area contributed by atoms with Crippen LogP contribution in [0.15, 0.2) is 91.0 Å². The van der Waals surface area contributed by atoms with E-state index in [-0.39, 0.29) is 0 Å². The fourth-order valence-electron chi connectivity index (χ4n) is 7.72. The van der Waals surface area contributed by atoms with Gasteiger partial charge in [-0.1, -0.05) is 144 Å². The zero-order valence-corrected chi connectivity index (χ0v) is 38.2. The van der Waals surface area contributed by atoms with Crippen molar-refractivity contribution in [2.75, 3.05) is 0 Å². The molecule has 0 aromatic heterocycles. The summed E-state index contributed by atoms with van der Waals surface area (Å²) in [7, 11) is -4.98. The van der Waals surface area contributed by atoms with Crippen LogP contribution in [-0.4, -0.2) is 61.5 Å². The van der Waals surface area contributed by atoms with E-state index in [0.29, 0.717) is 0 Å². The highest BCUT2D eigenvalue weighted by Crippen LogP contribution is 2.40. The first kappa shape index (κ1) is 34.2. The van der Waals surface area contributed by atoms with Crippen molar-refractivity contribution in [2.24, 2.45) is 0 Å². The first-order valence-corrected chi connectivity index (χ1v) is 43.5. The molecule has 0 amide bonds. The molecule has 8 heteroatoms. The molecule has 0 heterocycles. The van der Waals surface area contributed by atoms with E-state index < -0.39 is 43.9 Å². The van der Waals surface area contributed by atoms with Crippen LogP contribution in [0.4, 0.5) is 0 Å². The van der Waals surface area contributed by atoms with Gasteiger partial charge < -0.3 is 0 Å². The number of hydrogen-bond donors (Lipinski definition) is 0. The van der Waals surface area contributed by atoms with Crippen LogP contribution in [0.5, 0.6) is 0 Å². The predicted molar refractivity (Wildman–Crippen MR) is 230 cm³/mol. The second-order valence-electron chi connectivity index (χ2n) is 16.9. The number of hydrogen-bond acceptors (Lipinski definition) is 0. The van der Waals surface area contributed by atoms with Crippen molar-refractivity contribution < 1.29 is 0 Å². The Morgan fingerprint density at radius 2 is 0.913 bits per heavy atom. The van der Waals surface area contributed by atoms with Gasteiger partial charge in [0.25, 0.3) is 0 Å². The number of rotatable bonds is 8. The summed E-state index contributed by atoms with van der Waals surface area (Å²) in [6.45, 7) is 33.9. The van der Waals surface area contributed by atoms with Crippen LogP contribution in [0.1, 0.15) is 0 Å². The first-order valence-electron chi connectivity index (χ1n) is 17.0. The van der Waals surface area contributed by atoms with Gasteiger partial charge in [0.2, 0.25) is 0 Å². The molecule has 0 atom stereocenters. The minimum absolute atomic E-state index is 0.442. The van der Waals surface area contributed by atoms with Crippen LogP contribution in [0, 0.1) is 0 Å². The molecule has 0 fully saturated rings. The van der Waals surface area contributed by atoms with E-state index in [1.54, 1.807) is 5.19 Å². The first-order chi connectivity index (χ1) is 21.4. The molecule has 46 heavy (non-hydrogen) atoms. The maximum atomic E-state index is 2.90. The second-order valence-corrected chi connectivity index (χ2v) is 86.9. The summed E-state index contributed by atoms with van der Waals surface area (Å²) < 4.78 is 0. The van der Waals surface area contributed by atoms with Gasteiger partial charge in [0.15, 0.2) is 0 Å². The van der Waals surface area contributed by atoms with Gasteiger partial charge in [-0.05, 0) is 84.2 Å². The smallest absolute Gasteiger partial charge is 0.0624 e. The van der Waals surface area contributed by atoms with Crippen molar-refractivity contribution >= 4 is 120 Å². The molecule has 0 bridgehead atoms. The fraction of sp³-hybridized carbons (Fsp3) is 0.316. The highest BCUT2D eigenvalue weighted by atomic mass is 30.1. The van der Waals surface area contributed by atoms with Gasteiger partial charge in [-0.2, -0.15) is 0 Å². The summed E-state index contributed by atoms with van der Waals surface area (Å²) in [6.07, 6.45) is 0. The third-order valence-corrected chi connectivity index (χ3v) is 143. The van der Waals surface area contributed by atoms with Crippen LogP contribution in [0.2, 0.25) is 78.6 Å². The summed E-state index contributed by atoms with van der Waals surface area (Å²) >= 11 is 0. The van der Waals surface area contributed by atoms with Crippen molar-refractivity contribution in [3.05, 3.63) is 91.0 Å². The lowest BCUT2D eigenvalue weighted by Gasteiger charge is -2.59. The Bertz CT molecular complexity index is 2120. The standard InChI is InChI=1S/C38H51Si8/c1-41(43(5,6)45(9,10)46(11,12)44(7,8)42(2,3)4)40-39-38-34-22-21-32-23-28-17-13-15-19-30(28)25-35(32)37(34)27-33-24-29-18-14-16-20-31(29)26-36(33)38/h13-27H,1-12H3. The third kappa shape index (κ3) is 5.35. The van der Waals surface area contributed by atoms with Gasteiger partial charge in [-0.25, -0.2) is 0 Å². The van der Waals surface area contributed by atoms with Crippen molar-refractivity contribution in [3.63, 3.8) is 0 Å². The van der Waals surface area contributed by atoms with Crippen molar-refractivity contribution in [1.29, 1.82) is 0 Å². The van der Waals surface area contributed by atoms with E-state index in [4.69, 9.17) is 0 Å². The lowest BCUT2D eigenvalue weighted by atomic mass is 9.94. The molecular formula is C38H51Si8. The molecule has 0 saturated carbocycles. The summed E-state index contributed by atoms with van der Waals surface area (Å²) in [5.41, 5.74) is 0. The molecule has 235 valence electrons. The maximum Gasteiger partial charge on any atom is 0.0624 e. The van der Waals surface area contributed by atoms with Gasteiger partial charge >= 0.3 is 0 Å². The highest BCUT2D eigenvalue weighted by molar-refractivity contribution is 7.98. The zero-order valence-electron chi connectivity index (χ0n) is 30.2. The normalized spacial score (nSPS) is 14.0. The lowest BCUT2D eigenvalue weighted by molar-refractivity contribution is 1.73. The Kier molecular flexibility index (Phi) is 8.74. The Morgan fingerprint density at radius 3 is 1.46 bits per heavy atom. The average molecular weight is 733 g/mol. The minimum atomic E-state index is -1.39. The second kappa shape index (κ2) is 11.8. The molecule has 0 N–H and O–H groups in total. The average Bonchev–Trinajstić information content (AvgIpc) is 3.00. The molecule has 0 aliphatic carbocycles. The molecule has 0 nitrogen and oxygen atoms in total. The van der Waals surface area contributed by atoms with Gasteiger partial charge in [0.1, 0.15) is 0 Å². The molecule has 0 saturated heterocycles. The molecule has 0 unspecified atom stereocenters. The summed E-state index contributed by atoms with van der Waals surface area (Å²) in [5, 5.41) is 15.6. The van der Waals surface area contributed by atoms with Crippen LogP contribution >= 0.6 is 0 Å². The summed E-state index contributed by atoms with van der Waals surface area (Å²) in [5.74, 6) is 0. The van der Waals surface area contributed by atoms with E-state index in [2.05, 4.69) is 170 Å². The largest absolute Gasteiger partial charge is 0.0759 e. The molecular weight excluding hydrogens is 681 g/mol. The quantitative estimate of drug-likeness (QED) is 0.0831. The summed E-state index contributed by atoms with van der Waals surface area (Å²) in [6, 6.07) is 35.0. The van der Waals surface area contributed by atoms with Gasteiger partial charge in [-0.15, -0.1) is 0 Å². The topological polar surface area (TPSA) is 0 Å². The van der Waals surface area contributed by atoms with Crippen molar-refractivity contribution in [2.45, 2.75) is 78.6 Å². The van der Waals surface area contributed by atoms with Gasteiger partial charge in [-0.3, -0.25) is 0 Å². The number of fused-ring (bicyclic) bond motifs is 6. The summed E-state index contributed by atoms with van der Waals surface area (Å²) in [4.78, 5) is 0. The molecule has 6 rings (SSSR count). The third-order valence-electron chi connectivity index (χ3n) is 13.6. The molecule has 0 spiro atoms. The Hall–Kier alpha value is -1.64. The zero-order chi connectivity index (χ0) is 33.4. The Labute approximate surface area is 288 Å². The predicted octanol–water partition coefficient (Wildman–Crippen LogP) is 10.6. The fourth-order valence-corrected chi connectivity index (χ4v) is 177. The van der Waals surface area contributed by atoms with Crippen molar-refractivity contribution in [3.8, 4) is 0 Å². The molecule has 5 radical (unpaired) electrons. The maximum absolute atomic E-state index is 2.90. The van der Waals surface area contributed by atoms with Crippen LogP contribution < -0.4 is 5.19 Å². The lowest BCUT2D eigenvalue weighted by Crippen LogP contribution is -2.86. The Morgan fingerprint density at radius 1 is 0.435 bits per heavy atom. The van der Waals surface area contributed by atoms with E-state index in [1.807, 2.05) is 0 Å². The Balaban J connectivity index is 1.48. The van der Waals surface area contributed by atoms with Crippen LogP contribution in [0.3, 0.4) is 0 Å². The van der Waals surface area contributed by atoms with Crippen molar-refractivity contribution in [1.82, 2.24) is 0 Å². The van der Waals surface area contributed by atoms with Crippen LogP contribution in [-0.2, 0) is 0 Å². The monoisotopic (exact) mass is 731 g/mol. The van der Waals surface area contributed by atoms with Gasteiger partial charge in [0, 0.05) is 52.4 Å². The number of benzene rings is 6. The SMILES string of the molecule is C[Si]([Si][Si]c1c2cc3ccccc3cc2cc2c1ccc1cc3ccccc3cc12)[Si](C)(C)[Si](C)(C)[Si](C)(C)[Si](C)(C)[Si](C)(C)C. The van der Waals surface area contributed by atoms with Crippen LogP contribution in [0.25, 0.3) is 53.9 Å². The molecule has 0 aliphatic rings. The van der Waals surface area contributed by atoms with E-state index >= 15 is 0 Å². The molecule has 0 aliphatic heterocycles. The highest BCUT2D eigenvalue weighted by Gasteiger charge is 2.62. The molecule has 6 aromatic rings.